The molecule has 0 aliphatic carbocycles. The SMILES string of the molecule is CC(C)(CN1C(=O)c2ccccc2C1=O)C(N)=S. The average Bonchev–Trinajstić information content (AvgIpc) is 2.55. The van der Waals surface area contributed by atoms with Crippen LogP contribution < -0.4 is 5.73 Å². The van der Waals surface area contributed by atoms with Gasteiger partial charge < -0.3 is 5.73 Å². The van der Waals surface area contributed by atoms with Crippen LogP contribution in [0.2, 0.25) is 0 Å². The predicted molar refractivity (Wildman–Crippen MR) is 72.4 cm³/mol. The van der Waals surface area contributed by atoms with E-state index in [0.717, 1.165) is 0 Å². The monoisotopic (exact) mass is 262 g/mol. The number of hydrogen-bond donors (Lipinski definition) is 1. The largest absolute Gasteiger partial charge is 0.393 e. The molecular weight excluding hydrogens is 248 g/mol. The second kappa shape index (κ2) is 4.17. The summed E-state index contributed by atoms with van der Waals surface area (Å²) in [6.45, 7) is 3.84. The highest BCUT2D eigenvalue weighted by Gasteiger charge is 2.39. The summed E-state index contributed by atoms with van der Waals surface area (Å²) in [6.07, 6.45) is 0. The Morgan fingerprint density at radius 3 is 2.06 bits per heavy atom. The topological polar surface area (TPSA) is 63.4 Å². The molecule has 0 spiro atoms. The fourth-order valence-electron chi connectivity index (χ4n) is 1.86. The Balaban J connectivity index is 2.32. The number of nitrogens with two attached hydrogens (primary N) is 1. The molecule has 0 radical (unpaired) electrons. The third-order valence-corrected chi connectivity index (χ3v) is 3.65. The van der Waals surface area contributed by atoms with Crippen molar-refractivity contribution in [2.24, 2.45) is 11.1 Å². The number of carbonyl (C=O) groups is 2. The van der Waals surface area contributed by atoms with Crippen LogP contribution in [0, 0.1) is 5.41 Å². The van der Waals surface area contributed by atoms with E-state index in [0.29, 0.717) is 16.1 Å². The second-order valence-corrected chi connectivity index (χ2v) is 5.43. The number of amides is 2. The average molecular weight is 262 g/mol. The number of nitrogens with zero attached hydrogens (tertiary/aromatic N) is 1. The Hall–Kier alpha value is -1.75. The summed E-state index contributed by atoms with van der Waals surface area (Å²) in [5, 5.41) is 0. The van der Waals surface area contributed by atoms with Gasteiger partial charge in [-0.1, -0.05) is 38.2 Å². The van der Waals surface area contributed by atoms with Crippen molar-refractivity contribution in [1.29, 1.82) is 0 Å². The molecule has 0 saturated heterocycles. The molecule has 0 unspecified atom stereocenters. The van der Waals surface area contributed by atoms with E-state index >= 15 is 0 Å². The third kappa shape index (κ3) is 1.90. The lowest BCUT2D eigenvalue weighted by atomic mass is 9.93. The number of fused-ring (bicyclic) bond motifs is 1. The lowest BCUT2D eigenvalue weighted by Gasteiger charge is -2.27. The van der Waals surface area contributed by atoms with Crippen LogP contribution in [0.15, 0.2) is 24.3 Å². The molecule has 1 aromatic rings. The molecule has 0 aromatic heterocycles. The van der Waals surface area contributed by atoms with Crippen LogP contribution in [-0.4, -0.2) is 28.2 Å². The van der Waals surface area contributed by atoms with Gasteiger partial charge in [-0.2, -0.15) is 0 Å². The summed E-state index contributed by atoms with van der Waals surface area (Å²) in [6, 6.07) is 6.80. The van der Waals surface area contributed by atoms with E-state index in [1.807, 2.05) is 13.8 Å². The van der Waals surface area contributed by atoms with Gasteiger partial charge in [0.25, 0.3) is 11.8 Å². The first-order valence-corrected chi connectivity index (χ1v) is 6.00. The highest BCUT2D eigenvalue weighted by atomic mass is 32.1. The van der Waals surface area contributed by atoms with E-state index < -0.39 is 5.41 Å². The molecule has 94 valence electrons. The van der Waals surface area contributed by atoms with Crippen molar-refractivity contribution in [1.82, 2.24) is 4.90 Å². The van der Waals surface area contributed by atoms with Gasteiger partial charge >= 0.3 is 0 Å². The maximum Gasteiger partial charge on any atom is 0.261 e. The summed E-state index contributed by atoms with van der Waals surface area (Å²) in [4.78, 5) is 25.8. The summed E-state index contributed by atoms with van der Waals surface area (Å²) >= 11 is 4.96. The van der Waals surface area contributed by atoms with Crippen LogP contribution in [0.3, 0.4) is 0 Å². The first kappa shape index (κ1) is 12.7. The quantitative estimate of drug-likeness (QED) is 0.664. The zero-order valence-electron chi connectivity index (χ0n) is 10.3. The minimum absolute atomic E-state index is 0.203. The summed E-state index contributed by atoms with van der Waals surface area (Å²) in [5.74, 6) is -0.556. The Morgan fingerprint density at radius 2 is 1.67 bits per heavy atom. The molecular formula is C13H14N2O2S. The highest BCUT2D eigenvalue weighted by molar-refractivity contribution is 7.80. The van der Waals surface area contributed by atoms with Gasteiger partial charge in [-0.25, -0.2) is 0 Å². The molecule has 1 aromatic carbocycles. The van der Waals surface area contributed by atoms with Gasteiger partial charge in [0.15, 0.2) is 0 Å². The summed E-state index contributed by atoms with van der Waals surface area (Å²) < 4.78 is 0. The van der Waals surface area contributed by atoms with E-state index in [-0.39, 0.29) is 18.4 Å². The standard InChI is InChI=1S/C13H14N2O2S/c1-13(2,12(14)18)7-15-10(16)8-5-3-4-6-9(8)11(15)17/h3-6H,7H2,1-2H3,(H2,14,18). The highest BCUT2D eigenvalue weighted by Crippen LogP contribution is 2.26. The molecule has 0 saturated carbocycles. The van der Waals surface area contributed by atoms with Crippen LogP contribution >= 0.6 is 12.2 Å². The Bertz CT molecular complexity index is 517. The van der Waals surface area contributed by atoms with Gasteiger partial charge in [0.2, 0.25) is 0 Å². The van der Waals surface area contributed by atoms with Crippen LogP contribution in [-0.2, 0) is 0 Å². The molecule has 4 nitrogen and oxygen atoms in total. The number of imide groups is 1. The lowest BCUT2D eigenvalue weighted by Crippen LogP contribution is -2.44. The maximum absolute atomic E-state index is 12.1. The van der Waals surface area contributed by atoms with E-state index in [1.165, 1.54) is 4.90 Å². The van der Waals surface area contributed by atoms with Gasteiger partial charge in [-0.3, -0.25) is 14.5 Å². The Morgan fingerprint density at radius 1 is 1.22 bits per heavy atom. The molecule has 0 bridgehead atoms. The normalized spacial score (nSPS) is 14.9. The van der Waals surface area contributed by atoms with Crippen molar-refractivity contribution in [3.05, 3.63) is 35.4 Å². The van der Waals surface area contributed by atoms with Crippen molar-refractivity contribution >= 4 is 29.0 Å². The van der Waals surface area contributed by atoms with Gasteiger partial charge in [0, 0.05) is 12.0 Å². The van der Waals surface area contributed by atoms with Crippen molar-refractivity contribution < 1.29 is 9.59 Å². The summed E-state index contributed by atoms with van der Waals surface area (Å²) in [5.41, 5.74) is 5.95. The van der Waals surface area contributed by atoms with Gasteiger partial charge in [0.05, 0.1) is 16.1 Å². The van der Waals surface area contributed by atoms with Crippen LogP contribution in [0.4, 0.5) is 0 Å². The summed E-state index contributed by atoms with van der Waals surface area (Å²) in [7, 11) is 0. The third-order valence-electron chi connectivity index (χ3n) is 3.10. The second-order valence-electron chi connectivity index (χ2n) is 4.99. The van der Waals surface area contributed by atoms with Gasteiger partial charge in [-0.15, -0.1) is 0 Å². The fourth-order valence-corrected chi connectivity index (χ4v) is 1.92. The van der Waals surface area contributed by atoms with Crippen molar-refractivity contribution in [3.8, 4) is 0 Å². The molecule has 1 heterocycles. The molecule has 1 aliphatic heterocycles. The van der Waals surface area contributed by atoms with Crippen molar-refractivity contribution in [3.63, 3.8) is 0 Å². The number of thiocarbonyl (C=S) groups is 1. The van der Waals surface area contributed by atoms with E-state index in [9.17, 15) is 9.59 Å². The number of hydrogen-bond acceptors (Lipinski definition) is 3. The lowest BCUT2D eigenvalue weighted by molar-refractivity contribution is 0.0621. The first-order chi connectivity index (χ1) is 8.34. The Kier molecular flexibility index (Phi) is 2.94. The van der Waals surface area contributed by atoms with Crippen molar-refractivity contribution in [2.45, 2.75) is 13.8 Å². The predicted octanol–water partition coefficient (Wildman–Crippen LogP) is 1.59. The Labute approximate surface area is 111 Å². The molecule has 2 N–H and O–H groups in total. The molecule has 0 atom stereocenters. The number of benzene rings is 1. The molecule has 2 amide bonds. The van der Waals surface area contributed by atoms with Gasteiger partial charge in [0.1, 0.15) is 0 Å². The van der Waals surface area contributed by atoms with Gasteiger partial charge in [-0.05, 0) is 12.1 Å². The number of rotatable bonds is 3. The molecule has 1 aliphatic rings. The zero-order valence-corrected chi connectivity index (χ0v) is 11.1. The van der Waals surface area contributed by atoms with E-state index in [4.69, 9.17) is 18.0 Å². The smallest absolute Gasteiger partial charge is 0.261 e. The van der Waals surface area contributed by atoms with E-state index in [1.54, 1.807) is 24.3 Å². The fraction of sp³-hybridized carbons (Fsp3) is 0.308. The number of carbonyl (C=O) groups excluding carboxylic acids is 2. The molecule has 5 heteroatoms. The molecule has 2 rings (SSSR count). The molecule has 18 heavy (non-hydrogen) atoms. The maximum atomic E-state index is 12.1. The van der Waals surface area contributed by atoms with Crippen molar-refractivity contribution in [2.75, 3.05) is 6.54 Å². The zero-order chi connectivity index (χ0) is 13.5. The molecule has 0 fully saturated rings. The van der Waals surface area contributed by atoms with Crippen LogP contribution in [0.1, 0.15) is 34.6 Å². The van der Waals surface area contributed by atoms with E-state index in [2.05, 4.69) is 0 Å². The minimum Gasteiger partial charge on any atom is -0.393 e. The van der Waals surface area contributed by atoms with Crippen LogP contribution in [0.25, 0.3) is 0 Å². The first-order valence-electron chi connectivity index (χ1n) is 5.60. The van der Waals surface area contributed by atoms with Crippen LogP contribution in [0.5, 0.6) is 0 Å². The minimum atomic E-state index is -0.567.